The van der Waals surface area contributed by atoms with Crippen molar-refractivity contribution >= 4 is 17.8 Å². The van der Waals surface area contributed by atoms with E-state index in [1.807, 2.05) is 6.07 Å². The van der Waals surface area contributed by atoms with Gasteiger partial charge in [-0.2, -0.15) is 0 Å². The molecule has 150 valence electrons. The average molecular weight is 386 g/mol. The molecule has 1 aliphatic rings. The van der Waals surface area contributed by atoms with Crippen LogP contribution < -0.4 is 15.5 Å². The molecule has 3 heterocycles. The van der Waals surface area contributed by atoms with Crippen LogP contribution in [0.1, 0.15) is 23.4 Å². The molecule has 1 saturated heterocycles. The zero-order valence-electron chi connectivity index (χ0n) is 15.8. The zero-order valence-corrected chi connectivity index (χ0v) is 15.8. The van der Waals surface area contributed by atoms with Crippen LogP contribution in [0.4, 0.5) is 5.95 Å². The Balaban J connectivity index is 1.22. The molecule has 2 N–H and O–H groups in total. The molecule has 1 fully saturated rings. The third-order valence-electron chi connectivity index (χ3n) is 4.57. The van der Waals surface area contributed by atoms with Gasteiger partial charge in [0.25, 0.3) is 5.91 Å². The Labute approximate surface area is 164 Å². The van der Waals surface area contributed by atoms with E-state index < -0.39 is 0 Å². The maximum atomic E-state index is 11.9. The molecule has 9 nitrogen and oxygen atoms in total. The summed E-state index contributed by atoms with van der Waals surface area (Å²) < 4.78 is 5.01. The largest absolute Gasteiger partial charge is 0.459 e. The number of nitrogens with one attached hydrogen (secondary N) is 2. The van der Waals surface area contributed by atoms with Gasteiger partial charge in [-0.3, -0.25) is 14.5 Å². The van der Waals surface area contributed by atoms with E-state index in [0.717, 1.165) is 38.7 Å². The lowest BCUT2D eigenvalue weighted by Gasteiger charge is -2.34. The first-order valence-corrected chi connectivity index (χ1v) is 9.55. The van der Waals surface area contributed by atoms with Gasteiger partial charge >= 0.3 is 0 Å². The Morgan fingerprint density at radius 1 is 1.04 bits per heavy atom. The summed E-state index contributed by atoms with van der Waals surface area (Å²) in [7, 11) is 0. The highest BCUT2D eigenvalue weighted by Crippen LogP contribution is 2.09. The highest BCUT2D eigenvalue weighted by atomic mass is 16.3. The molecule has 1 aliphatic heterocycles. The number of aromatic nitrogens is 2. The standard InChI is InChI=1S/C19H26N6O3/c26-17(5-1-6-21-18(27)16-4-2-15-28-16)20-9-10-24-11-13-25(14-12-24)19-22-7-3-8-23-19/h2-4,7-8,15H,1,5-6,9-14H2,(H,20,26)(H,21,27). The minimum atomic E-state index is -0.259. The third kappa shape index (κ3) is 6.05. The highest BCUT2D eigenvalue weighted by Gasteiger charge is 2.18. The lowest BCUT2D eigenvalue weighted by Crippen LogP contribution is -2.49. The monoisotopic (exact) mass is 386 g/mol. The Kier molecular flexibility index (Phi) is 7.36. The van der Waals surface area contributed by atoms with E-state index in [4.69, 9.17) is 4.42 Å². The van der Waals surface area contributed by atoms with Gasteiger partial charge in [0.2, 0.25) is 11.9 Å². The number of amides is 2. The first-order valence-electron chi connectivity index (χ1n) is 9.55. The van der Waals surface area contributed by atoms with Crippen molar-refractivity contribution in [1.82, 2.24) is 25.5 Å². The molecule has 0 unspecified atom stereocenters. The lowest BCUT2D eigenvalue weighted by atomic mass is 10.3. The topological polar surface area (TPSA) is 104 Å². The van der Waals surface area contributed by atoms with Crippen LogP contribution in [-0.2, 0) is 4.79 Å². The molecule has 0 bridgehead atoms. The fourth-order valence-electron chi connectivity index (χ4n) is 3.01. The van der Waals surface area contributed by atoms with Crippen LogP contribution in [0.25, 0.3) is 0 Å². The van der Waals surface area contributed by atoms with Gasteiger partial charge in [0, 0.05) is 64.6 Å². The number of furan rings is 1. The molecule has 0 radical (unpaired) electrons. The van der Waals surface area contributed by atoms with Gasteiger partial charge in [-0.15, -0.1) is 0 Å². The summed E-state index contributed by atoms with van der Waals surface area (Å²) in [5.74, 6) is 0.798. The van der Waals surface area contributed by atoms with Crippen molar-refractivity contribution in [3.8, 4) is 0 Å². The summed E-state index contributed by atoms with van der Waals surface area (Å²) in [5, 5.41) is 5.67. The quantitative estimate of drug-likeness (QED) is 0.606. The first kappa shape index (κ1) is 19.8. The second-order valence-corrected chi connectivity index (χ2v) is 6.56. The molecule has 2 aromatic rings. The van der Waals surface area contributed by atoms with Gasteiger partial charge in [0.1, 0.15) is 0 Å². The van der Waals surface area contributed by atoms with Crippen molar-refractivity contribution < 1.29 is 14.0 Å². The predicted octanol–water partition coefficient (Wildman–Crippen LogP) is 0.518. The Hall–Kier alpha value is -2.94. The molecule has 0 spiro atoms. The SMILES string of the molecule is O=C(CCCNC(=O)c1ccco1)NCCN1CCN(c2ncccn2)CC1. The summed E-state index contributed by atoms with van der Waals surface area (Å²) >= 11 is 0. The van der Waals surface area contributed by atoms with E-state index in [2.05, 4.69) is 30.4 Å². The molecule has 0 atom stereocenters. The van der Waals surface area contributed by atoms with E-state index in [0.29, 0.717) is 25.9 Å². The van der Waals surface area contributed by atoms with Crippen molar-refractivity contribution in [2.75, 3.05) is 50.7 Å². The van der Waals surface area contributed by atoms with Crippen molar-refractivity contribution in [1.29, 1.82) is 0 Å². The molecule has 9 heteroatoms. The summed E-state index contributed by atoms with van der Waals surface area (Å²) in [6.07, 6.45) is 5.95. The molecule has 28 heavy (non-hydrogen) atoms. The lowest BCUT2D eigenvalue weighted by molar-refractivity contribution is -0.121. The van der Waals surface area contributed by atoms with E-state index in [9.17, 15) is 9.59 Å². The smallest absolute Gasteiger partial charge is 0.286 e. The highest BCUT2D eigenvalue weighted by molar-refractivity contribution is 5.91. The average Bonchev–Trinajstić information content (AvgIpc) is 3.27. The summed E-state index contributed by atoms with van der Waals surface area (Å²) in [5.41, 5.74) is 0. The van der Waals surface area contributed by atoms with Crippen molar-refractivity contribution in [3.05, 3.63) is 42.6 Å². The van der Waals surface area contributed by atoms with Crippen LogP contribution in [0.5, 0.6) is 0 Å². The van der Waals surface area contributed by atoms with E-state index in [1.165, 1.54) is 6.26 Å². The number of nitrogens with zero attached hydrogens (tertiary/aromatic N) is 4. The summed E-state index contributed by atoms with van der Waals surface area (Å²) in [4.78, 5) is 36.7. The Morgan fingerprint density at radius 3 is 2.54 bits per heavy atom. The second kappa shape index (κ2) is 10.4. The number of piperazine rings is 1. The van der Waals surface area contributed by atoms with E-state index >= 15 is 0 Å². The molecule has 3 rings (SSSR count). The summed E-state index contributed by atoms with van der Waals surface area (Å²) in [6, 6.07) is 5.09. The van der Waals surface area contributed by atoms with Crippen LogP contribution in [-0.4, -0.2) is 72.5 Å². The van der Waals surface area contributed by atoms with Crippen LogP contribution in [0.3, 0.4) is 0 Å². The van der Waals surface area contributed by atoms with Gasteiger partial charge in [0.15, 0.2) is 5.76 Å². The zero-order chi connectivity index (χ0) is 19.6. The molecule has 0 saturated carbocycles. The summed E-state index contributed by atoms with van der Waals surface area (Å²) in [6.45, 7) is 5.50. The van der Waals surface area contributed by atoms with E-state index in [1.54, 1.807) is 24.5 Å². The minimum absolute atomic E-state index is 0.00330. The first-order chi connectivity index (χ1) is 13.7. The maximum absolute atomic E-state index is 11.9. The van der Waals surface area contributed by atoms with Gasteiger partial charge < -0.3 is 20.0 Å². The molecular weight excluding hydrogens is 360 g/mol. The number of hydrogen-bond donors (Lipinski definition) is 2. The van der Waals surface area contributed by atoms with Crippen molar-refractivity contribution in [3.63, 3.8) is 0 Å². The van der Waals surface area contributed by atoms with Crippen molar-refractivity contribution in [2.24, 2.45) is 0 Å². The number of hydrogen-bond acceptors (Lipinski definition) is 7. The minimum Gasteiger partial charge on any atom is -0.459 e. The van der Waals surface area contributed by atoms with Crippen LogP contribution >= 0.6 is 0 Å². The molecule has 0 aromatic carbocycles. The number of rotatable bonds is 9. The number of carbonyl (C=O) groups is 2. The molecule has 0 aliphatic carbocycles. The molecular formula is C19H26N6O3. The molecule has 2 amide bonds. The van der Waals surface area contributed by atoms with Crippen LogP contribution in [0.15, 0.2) is 41.3 Å². The van der Waals surface area contributed by atoms with Crippen LogP contribution in [0.2, 0.25) is 0 Å². The van der Waals surface area contributed by atoms with Gasteiger partial charge in [-0.05, 0) is 24.6 Å². The van der Waals surface area contributed by atoms with Gasteiger partial charge in [0.05, 0.1) is 6.26 Å². The fraction of sp³-hybridized carbons (Fsp3) is 0.474. The number of carbonyl (C=O) groups excluding carboxylic acids is 2. The van der Waals surface area contributed by atoms with Gasteiger partial charge in [-0.25, -0.2) is 9.97 Å². The normalized spacial score (nSPS) is 14.6. The maximum Gasteiger partial charge on any atom is 0.286 e. The fourth-order valence-corrected chi connectivity index (χ4v) is 3.01. The predicted molar refractivity (Wildman–Crippen MR) is 104 cm³/mol. The molecule has 2 aromatic heterocycles. The van der Waals surface area contributed by atoms with Crippen molar-refractivity contribution in [2.45, 2.75) is 12.8 Å². The Morgan fingerprint density at radius 2 is 1.82 bits per heavy atom. The van der Waals surface area contributed by atoms with Crippen LogP contribution in [0, 0.1) is 0 Å². The van der Waals surface area contributed by atoms with E-state index in [-0.39, 0.29) is 17.6 Å². The third-order valence-corrected chi connectivity index (χ3v) is 4.57. The second-order valence-electron chi connectivity index (χ2n) is 6.56. The van der Waals surface area contributed by atoms with Gasteiger partial charge in [-0.1, -0.05) is 0 Å². The Bertz CT molecular complexity index is 729. The number of anilines is 1.